The maximum atomic E-state index is 12.9. The number of hydrogen-bond donors (Lipinski definition) is 2. The Morgan fingerprint density at radius 3 is 2.59 bits per heavy atom. The molecule has 6 nitrogen and oxygen atoms in total. The Kier molecular flexibility index (Phi) is 6.77. The monoisotopic (exact) mass is 396 g/mol. The van der Waals surface area contributed by atoms with Crippen LogP contribution in [0.1, 0.15) is 54.3 Å². The third-order valence-electron chi connectivity index (χ3n) is 5.33. The Morgan fingerprint density at radius 2 is 1.97 bits per heavy atom. The zero-order valence-electron chi connectivity index (χ0n) is 17.1. The van der Waals surface area contributed by atoms with Gasteiger partial charge in [-0.2, -0.15) is 0 Å². The summed E-state index contributed by atoms with van der Waals surface area (Å²) >= 11 is 0. The molecule has 0 spiro atoms. The first-order valence-electron chi connectivity index (χ1n) is 9.90. The summed E-state index contributed by atoms with van der Waals surface area (Å²) in [4.78, 5) is 21.7. The van der Waals surface area contributed by atoms with Crippen molar-refractivity contribution >= 4 is 11.7 Å². The second-order valence-corrected chi connectivity index (χ2v) is 7.75. The predicted octanol–water partition coefficient (Wildman–Crippen LogP) is 2.78. The molecule has 2 N–H and O–H groups in total. The summed E-state index contributed by atoms with van der Waals surface area (Å²) in [6, 6.07) is 11.5. The van der Waals surface area contributed by atoms with Crippen LogP contribution < -0.4 is 0 Å². The van der Waals surface area contributed by atoms with Gasteiger partial charge < -0.3 is 14.9 Å². The number of aliphatic hydroxyl groups excluding tert-OH is 2. The fourth-order valence-electron chi connectivity index (χ4n) is 3.83. The Morgan fingerprint density at radius 1 is 1.24 bits per heavy atom. The molecule has 1 aliphatic heterocycles. The second kappa shape index (κ2) is 9.29. The number of nitrogens with zero attached hydrogens (tertiary/aromatic N) is 2. The van der Waals surface area contributed by atoms with Crippen LogP contribution in [-0.2, 0) is 29.1 Å². The minimum atomic E-state index is -0.611. The summed E-state index contributed by atoms with van der Waals surface area (Å²) in [5, 5.41) is 20.4. The molecular formula is C23H28N2O4. The number of aromatic nitrogens is 1. The van der Waals surface area contributed by atoms with E-state index in [0.717, 1.165) is 16.7 Å². The number of ketones is 1. The van der Waals surface area contributed by atoms with E-state index in [2.05, 4.69) is 9.98 Å². The Hall–Kier alpha value is -2.57. The number of fused-ring (bicyclic) bond motifs is 1. The number of aliphatic imine (C=N–C) groups is 1. The summed E-state index contributed by atoms with van der Waals surface area (Å²) in [5.74, 6) is 0.245. The van der Waals surface area contributed by atoms with Gasteiger partial charge in [-0.05, 0) is 23.1 Å². The number of carbonyl (C=O) groups excluding carboxylic acids is 1. The van der Waals surface area contributed by atoms with Gasteiger partial charge in [0.15, 0.2) is 0 Å². The normalized spacial score (nSPS) is 15.0. The number of methoxy groups -OCH3 is 1. The lowest BCUT2D eigenvalue weighted by Gasteiger charge is -2.26. The summed E-state index contributed by atoms with van der Waals surface area (Å²) in [6.07, 6.45) is -0.229. The molecule has 0 amide bonds. The highest BCUT2D eigenvalue weighted by Crippen LogP contribution is 2.29. The number of carbonyl (C=O) groups is 1. The van der Waals surface area contributed by atoms with Gasteiger partial charge >= 0.3 is 0 Å². The number of aliphatic hydroxyl groups is 2. The van der Waals surface area contributed by atoms with Crippen molar-refractivity contribution in [3.05, 3.63) is 64.5 Å². The number of hydrogen-bond acceptors (Lipinski definition) is 6. The van der Waals surface area contributed by atoms with E-state index in [9.17, 15) is 15.0 Å². The number of ether oxygens (including phenoxy) is 1. The van der Waals surface area contributed by atoms with Gasteiger partial charge in [0.25, 0.3) is 0 Å². The maximum Gasteiger partial charge on any atom is 0.218 e. The second-order valence-electron chi connectivity index (χ2n) is 7.75. The quantitative estimate of drug-likeness (QED) is 0.716. The molecule has 1 aromatic heterocycles. The lowest BCUT2D eigenvalue weighted by atomic mass is 9.83. The van der Waals surface area contributed by atoms with E-state index in [-0.39, 0.29) is 37.1 Å². The molecule has 0 bridgehead atoms. The van der Waals surface area contributed by atoms with Crippen LogP contribution >= 0.6 is 0 Å². The van der Waals surface area contributed by atoms with Crippen LogP contribution in [0.15, 0.2) is 41.4 Å². The average Bonchev–Trinajstić information content (AvgIpc) is 3.14. The molecule has 0 saturated heterocycles. The molecule has 2 aromatic rings. The average molecular weight is 396 g/mol. The van der Waals surface area contributed by atoms with Gasteiger partial charge in [-0.15, -0.1) is 0 Å². The smallest absolute Gasteiger partial charge is 0.218 e. The van der Waals surface area contributed by atoms with E-state index >= 15 is 0 Å². The van der Waals surface area contributed by atoms with Gasteiger partial charge in [0.1, 0.15) is 5.78 Å². The van der Waals surface area contributed by atoms with E-state index in [1.54, 1.807) is 0 Å². The highest BCUT2D eigenvalue weighted by Gasteiger charge is 2.27. The van der Waals surface area contributed by atoms with Crippen LogP contribution in [-0.4, -0.2) is 40.1 Å². The fourth-order valence-corrected chi connectivity index (χ4v) is 3.83. The molecular weight excluding hydrogens is 368 g/mol. The van der Waals surface area contributed by atoms with Gasteiger partial charge in [0.2, 0.25) is 5.90 Å². The first-order valence-corrected chi connectivity index (χ1v) is 9.90. The molecule has 3 rings (SSSR count). The van der Waals surface area contributed by atoms with Crippen molar-refractivity contribution in [3.8, 4) is 0 Å². The minimum absolute atomic E-state index is 0.000716. The molecule has 6 heteroatoms. The number of rotatable bonds is 8. The molecule has 0 aliphatic carbocycles. The van der Waals surface area contributed by atoms with Crippen molar-refractivity contribution < 1.29 is 19.7 Å². The van der Waals surface area contributed by atoms with Crippen LogP contribution in [0.25, 0.3) is 0 Å². The first-order chi connectivity index (χ1) is 13.9. The van der Waals surface area contributed by atoms with Crippen molar-refractivity contribution in [1.82, 2.24) is 4.98 Å². The third kappa shape index (κ3) is 4.71. The predicted molar refractivity (Wildman–Crippen MR) is 111 cm³/mol. The summed E-state index contributed by atoms with van der Waals surface area (Å²) in [6.45, 7) is 4.11. The first kappa shape index (κ1) is 21.1. The van der Waals surface area contributed by atoms with Gasteiger partial charge in [0, 0.05) is 24.5 Å². The lowest BCUT2D eigenvalue weighted by molar-refractivity contribution is -0.119. The molecule has 154 valence electrons. The van der Waals surface area contributed by atoms with Crippen LogP contribution in [0.4, 0.5) is 0 Å². The lowest BCUT2D eigenvalue weighted by Crippen LogP contribution is -2.27. The molecule has 0 fully saturated rings. The molecule has 0 saturated carbocycles. The van der Waals surface area contributed by atoms with Gasteiger partial charge in [-0.25, -0.2) is 4.99 Å². The highest BCUT2D eigenvalue weighted by molar-refractivity contribution is 5.98. The standard InChI is InChI=1S/C23H28N2O4/c1-14(2)22(28)19(15-7-5-4-6-8-15)11-18(27)10-17-9-16-12-24-23(29-3)21(16)20(13-26)25-17/h4-9,14,19,22,26,28H,10-13H2,1-3H3/t19-,22+/m0/s1. The zero-order valence-corrected chi connectivity index (χ0v) is 17.1. The maximum absolute atomic E-state index is 12.9. The molecule has 0 radical (unpaired) electrons. The fraction of sp³-hybridized carbons (Fsp3) is 0.435. The summed E-state index contributed by atoms with van der Waals surface area (Å²) in [7, 11) is 1.54. The van der Waals surface area contributed by atoms with Crippen LogP contribution in [0.2, 0.25) is 0 Å². The van der Waals surface area contributed by atoms with E-state index in [1.807, 2.05) is 50.2 Å². The SMILES string of the molecule is COC1=NCc2cc(CC(=O)C[C@@H](c3ccccc3)[C@H](O)C(C)C)nc(CO)c21. The van der Waals surface area contributed by atoms with E-state index < -0.39 is 6.10 Å². The van der Waals surface area contributed by atoms with Crippen molar-refractivity contribution in [3.63, 3.8) is 0 Å². The Balaban J connectivity index is 1.79. The molecule has 1 aromatic carbocycles. The summed E-state index contributed by atoms with van der Waals surface area (Å²) in [5.41, 5.74) is 3.67. The molecule has 1 aliphatic rings. The highest BCUT2D eigenvalue weighted by atomic mass is 16.5. The third-order valence-corrected chi connectivity index (χ3v) is 5.33. The van der Waals surface area contributed by atoms with Crippen molar-refractivity contribution in [2.24, 2.45) is 10.9 Å². The Labute approximate surface area is 171 Å². The topological polar surface area (TPSA) is 92.0 Å². The van der Waals surface area contributed by atoms with Gasteiger partial charge in [0.05, 0.1) is 37.6 Å². The number of pyridine rings is 1. The minimum Gasteiger partial charge on any atom is -0.481 e. The van der Waals surface area contributed by atoms with Crippen LogP contribution in [0, 0.1) is 5.92 Å². The zero-order chi connectivity index (χ0) is 21.0. The Bertz CT molecular complexity index is 893. The van der Waals surface area contributed by atoms with Crippen LogP contribution in [0.3, 0.4) is 0 Å². The van der Waals surface area contributed by atoms with E-state index in [1.165, 1.54) is 7.11 Å². The number of benzene rings is 1. The van der Waals surface area contributed by atoms with Gasteiger partial charge in [-0.1, -0.05) is 44.2 Å². The van der Waals surface area contributed by atoms with Crippen molar-refractivity contribution in [2.75, 3.05) is 7.11 Å². The van der Waals surface area contributed by atoms with Crippen molar-refractivity contribution in [1.29, 1.82) is 0 Å². The molecule has 2 atom stereocenters. The number of Topliss-reactive ketones (excluding diaryl/α,β-unsaturated/α-hetero) is 1. The van der Waals surface area contributed by atoms with E-state index in [4.69, 9.17) is 4.74 Å². The van der Waals surface area contributed by atoms with E-state index in [0.29, 0.717) is 23.8 Å². The largest absolute Gasteiger partial charge is 0.481 e. The molecule has 2 heterocycles. The molecule has 0 unspecified atom stereocenters. The molecule has 29 heavy (non-hydrogen) atoms. The summed E-state index contributed by atoms with van der Waals surface area (Å²) < 4.78 is 5.26. The van der Waals surface area contributed by atoms with Crippen LogP contribution in [0.5, 0.6) is 0 Å². The van der Waals surface area contributed by atoms with Gasteiger partial charge in [-0.3, -0.25) is 9.78 Å². The van der Waals surface area contributed by atoms with Crippen molar-refractivity contribution in [2.45, 2.75) is 51.9 Å².